The molecule has 0 aromatic heterocycles. The molecule has 1 atom stereocenters. The van der Waals surface area contributed by atoms with Gasteiger partial charge in [0, 0.05) is 30.4 Å². The van der Waals surface area contributed by atoms with Gasteiger partial charge >= 0.3 is 0 Å². The molecule has 0 saturated carbocycles. The van der Waals surface area contributed by atoms with Crippen LogP contribution in [-0.4, -0.2) is 43.0 Å². The van der Waals surface area contributed by atoms with Gasteiger partial charge in [-0.1, -0.05) is 6.07 Å². The molecular formula is C14H22FN3. The number of nitrogens with zero attached hydrogens (tertiary/aromatic N) is 2. The van der Waals surface area contributed by atoms with Gasteiger partial charge in [-0.05, 0) is 45.6 Å². The summed E-state index contributed by atoms with van der Waals surface area (Å²) in [5.74, 6) is -0.189. The SMILES string of the molecule is CN(C)CC1CCCN1Cc1ccc(N)cc1F. The maximum absolute atomic E-state index is 13.8. The molecule has 18 heavy (non-hydrogen) atoms. The molecule has 0 amide bonds. The Morgan fingerprint density at radius 1 is 1.44 bits per heavy atom. The van der Waals surface area contributed by atoms with Crippen molar-refractivity contribution in [3.8, 4) is 0 Å². The minimum Gasteiger partial charge on any atom is -0.399 e. The van der Waals surface area contributed by atoms with Gasteiger partial charge in [0.1, 0.15) is 5.82 Å². The van der Waals surface area contributed by atoms with Crippen molar-refractivity contribution in [2.24, 2.45) is 0 Å². The third-order valence-electron chi connectivity index (χ3n) is 3.53. The molecule has 1 aromatic carbocycles. The van der Waals surface area contributed by atoms with Gasteiger partial charge in [0.15, 0.2) is 0 Å². The van der Waals surface area contributed by atoms with Gasteiger partial charge in [0.05, 0.1) is 0 Å². The quantitative estimate of drug-likeness (QED) is 0.830. The number of likely N-dealkylation sites (N-methyl/N-ethyl adjacent to an activating group) is 1. The van der Waals surface area contributed by atoms with Gasteiger partial charge in [-0.3, -0.25) is 4.90 Å². The normalized spacial score (nSPS) is 20.8. The van der Waals surface area contributed by atoms with Crippen LogP contribution in [0, 0.1) is 5.82 Å². The Morgan fingerprint density at radius 2 is 2.22 bits per heavy atom. The molecule has 2 rings (SSSR count). The molecule has 0 bridgehead atoms. The van der Waals surface area contributed by atoms with Crippen LogP contribution in [0.3, 0.4) is 0 Å². The van der Waals surface area contributed by atoms with Crippen LogP contribution in [0.1, 0.15) is 18.4 Å². The lowest BCUT2D eigenvalue weighted by Gasteiger charge is -2.27. The molecule has 3 nitrogen and oxygen atoms in total. The Balaban J connectivity index is 2.03. The van der Waals surface area contributed by atoms with Crippen molar-refractivity contribution in [3.63, 3.8) is 0 Å². The van der Waals surface area contributed by atoms with E-state index in [1.165, 1.54) is 18.9 Å². The lowest BCUT2D eigenvalue weighted by atomic mass is 10.1. The number of likely N-dealkylation sites (tertiary alicyclic amines) is 1. The molecule has 0 radical (unpaired) electrons. The number of rotatable bonds is 4. The molecule has 1 aromatic rings. The maximum Gasteiger partial charge on any atom is 0.129 e. The summed E-state index contributed by atoms with van der Waals surface area (Å²) >= 11 is 0. The third-order valence-corrected chi connectivity index (χ3v) is 3.53. The predicted molar refractivity (Wildman–Crippen MR) is 72.8 cm³/mol. The van der Waals surface area contributed by atoms with E-state index in [1.807, 2.05) is 0 Å². The van der Waals surface area contributed by atoms with Gasteiger partial charge in [0.2, 0.25) is 0 Å². The van der Waals surface area contributed by atoms with E-state index in [4.69, 9.17) is 5.73 Å². The Morgan fingerprint density at radius 3 is 2.89 bits per heavy atom. The fourth-order valence-electron chi connectivity index (χ4n) is 2.64. The lowest BCUT2D eigenvalue weighted by Crippen LogP contribution is -2.37. The summed E-state index contributed by atoms with van der Waals surface area (Å²) in [6.45, 7) is 2.78. The number of benzene rings is 1. The minimum atomic E-state index is -0.189. The zero-order valence-electron chi connectivity index (χ0n) is 11.2. The number of hydrogen-bond donors (Lipinski definition) is 1. The van der Waals surface area contributed by atoms with Crippen molar-refractivity contribution in [2.45, 2.75) is 25.4 Å². The topological polar surface area (TPSA) is 32.5 Å². The summed E-state index contributed by atoms with van der Waals surface area (Å²) in [5, 5.41) is 0. The van der Waals surface area contributed by atoms with Crippen molar-refractivity contribution in [3.05, 3.63) is 29.6 Å². The van der Waals surface area contributed by atoms with Gasteiger partial charge in [-0.2, -0.15) is 0 Å². The second-order valence-corrected chi connectivity index (χ2v) is 5.38. The number of nitrogens with two attached hydrogens (primary N) is 1. The Bertz CT molecular complexity index is 406. The maximum atomic E-state index is 13.8. The van der Waals surface area contributed by atoms with Crippen LogP contribution in [0.5, 0.6) is 0 Å². The van der Waals surface area contributed by atoms with E-state index in [-0.39, 0.29) is 5.82 Å². The average molecular weight is 251 g/mol. The van der Waals surface area contributed by atoms with Crippen LogP contribution in [0.4, 0.5) is 10.1 Å². The zero-order chi connectivity index (χ0) is 13.1. The first-order valence-electron chi connectivity index (χ1n) is 6.49. The molecule has 0 aliphatic carbocycles. The van der Waals surface area contributed by atoms with E-state index < -0.39 is 0 Å². The monoisotopic (exact) mass is 251 g/mol. The molecule has 1 fully saturated rings. The highest BCUT2D eigenvalue weighted by molar-refractivity contribution is 5.40. The first-order valence-corrected chi connectivity index (χ1v) is 6.49. The highest BCUT2D eigenvalue weighted by Crippen LogP contribution is 2.22. The van der Waals surface area contributed by atoms with E-state index >= 15 is 0 Å². The first-order chi connectivity index (χ1) is 8.56. The van der Waals surface area contributed by atoms with E-state index in [0.717, 1.165) is 18.7 Å². The number of nitrogen functional groups attached to an aromatic ring is 1. The Labute approximate surface area is 108 Å². The van der Waals surface area contributed by atoms with Crippen LogP contribution in [0.25, 0.3) is 0 Å². The second-order valence-electron chi connectivity index (χ2n) is 5.38. The van der Waals surface area contributed by atoms with Crippen LogP contribution in [0.2, 0.25) is 0 Å². The molecule has 1 heterocycles. The smallest absolute Gasteiger partial charge is 0.129 e. The van der Waals surface area contributed by atoms with Gasteiger partial charge in [-0.15, -0.1) is 0 Å². The van der Waals surface area contributed by atoms with Crippen molar-refractivity contribution in [1.29, 1.82) is 0 Å². The molecule has 4 heteroatoms. The lowest BCUT2D eigenvalue weighted by molar-refractivity contribution is 0.199. The molecular weight excluding hydrogens is 229 g/mol. The molecule has 1 aliphatic heterocycles. The molecule has 1 unspecified atom stereocenters. The fraction of sp³-hybridized carbons (Fsp3) is 0.571. The number of hydrogen-bond acceptors (Lipinski definition) is 3. The Hall–Kier alpha value is -1.13. The molecule has 100 valence electrons. The highest BCUT2D eigenvalue weighted by Gasteiger charge is 2.25. The molecule has 1 aliphatic rings. The second kappa shape index (κ2) is 5.67. The molecule has 1 saturated heterocycles. The van der Waals surface area contributed by atoms with E-state index in [0.29, 0.717) is 18.3 Å². The Kier molecular flexibility index (Phi) is 4.19. The van der Waals surface area contributed by atoms with Crippen molar-refractivity contribution < 1.29 is 4.39 Å². The van der Waals surface area contributed by atoms with Crippen molar-refractivity contribution >= 4 is 5.69 Å². The van der Waals surface area contributed by atoms with Crippen LogP contribution < -0.4 is 5.73 Å². The van der Waals surface area contributed by atoms with Gasteiger partial charge in [0.25, 0.3) is 0 Å². The summed E-state index contributed by atoms with van der Waals surface area (Å²) in [5.41, 5.74) is 6.80. The minimum absolute atomic E-state index is 0.189. The average Bonchev–Trinajstić information content (AvgIpc) is 2.69. The predicted octanol–water partition coefficient (Wildman–Crippen LogP) is 1.93. The number of anilines is 1. The van der Waals surface area contributed by atoms with Crippen LogP contribution >= 0.6 is 0 Å². The molecule has 2 N–H and O–H groups in total. The number of halogens is 1. The molecule has 0 spiro atoms. The van der Waals surface area contributed by atoms with E-state index in [9.17, 15) is 4.39 Å². The van der Waals surface area contributed by atoms with Crippen LogP contribution in [-0.2, 0) is 6.54 Å². The summed E-state index contributed by atoms with van der Waals surface area (Å²) in [4.78, 5) is 4.57. The standard InChI is InChI=1S/C14H22FN3/c1-17(2)10-13-4-3-7-18(13)9-11-5-6-12(16)8-14(11)15/h5-6,8,13H,3-4,7,9-10,16H2,1-2H3. The first kappa shape index (κ1) is 13.3. The summed E-state index contributed by atoms with van der Waals surface area (Å²) in [6.07, 6.45) is 2.41. The zero-order valence-corrected chi connectivity index (χ0v) is 11.2. The van der Waals surface area contributed by atoms with Crippen molar-refractivity contribution in [1.82, 2.24) is 9.80 Å². The van der Waals surface area contributed by atoms with Gasteiger partial charge < -0.3 is 10.6 Å². The summed E-state index contributed by atoms with van der Waals surface area (Å²) < 4.78 is 13.8. The van der Waals surface area contributed by atoms with E-state index in [1.54, 1.807) is 12.1 Å². The summed E-state index contributed by atoms with van der Waals surface area (Å²) in [7, 11) is 4.17. The van der Waals surface area contributed by atoms with Crippen molar-refractivity contribution in [2.75, 3.05) is 32.9 Å². The van der Waals surface area contributed by atoms with Crippen LogP contribution in [0.15, 0.2) is 18.2 Å². The van der Waals surface area contributed by atoms with Gasteiger partial charge in [-0.25, -0.2) is 4.39 Å². The third kappa shape index (κ3) is 3.21. The summed E-state index contributed by atoms with van der Waals surface area (Å²) in [6, 6.07) is 5.52. The van der Waals surface area contributed by atoms with E-state index in [2.05, 4.69) is 23.9 Å². The highest BCUT2D eigenvalue weighted by atomic mass is 19.1. The largest absolute Gasteiger partial charge is 0.399 e. The fourth-order valence-corrected chi connectivity index (χ4v) is 2.64.